The van der Waals surface area contributed by atoms with E-state index in [4.69, 9.17) is 9.15 Å². The number of aryl methyl sites for hydroxylation is 1. The molecule has 1 aliphatic rings. The Balaban J connectivity index is 1.90. The number of nitrogens with one attached hydrogen (secondary N) is 1. The molecule has 0 saturated heterocycles. The van der Waals surface area contributed by atoms with E-state index in [9.17, 15) is 4.79 Å². The Labute approximate surface area is 130 Å². The van der Waals surface area contributed by atoms with Gasteiger partial charge in [0.2, 0.25) is 10.5 Å². The predicted molar refractivity (Wildman–Crippen MR) is 83.4 cm³/mol. The lowest BCUT2D eigenvalue weighted by Gasteiger charge is -2.03. The van der Waals surface area contributed by atoms with Crippen LogP contribution in [0.4, 0.5) is 0 Å². The van der Waals surface area contributed by atoms with Gasteiger partial charge in [-0.1, -0.05) is 0 Å². The molecule has 0 aliphatic heterocycles. The fraction of sp³-hybridized carbons (Fsp3) is 0.312. The van der Waals surface area contributed by atoms with Gasteiger partial charge in [0, 0.05) is 11.3 Å². The number of nitrogens with zero attached hydrogens (tertiary/aromatic N) is 1. The van der Waals surface area contributed by atoms with Gasteiger partial charge in [0.05, 0.1) is 18.4 Å². The van der Waals surface area contributed by atoms with Crippen LogP contribution in [0.2, 0.25) is 0 Å². The summed E-state index contributed by atoms with van der Waals surface area (Å²) in [6.07, 6.45) is 2.40. The molecule has 1 aromatic carbocycles. The number of fused-ring (bicyclic) bond motifs is 1. The van der Waals surface area contributed by atoms with Gasteiger partial charge in [-0.05, 0) is 31.9 Å². The monoisotopic (exact) mass is 315 g/mol. The first-order chi connectivity index (χ1) is 10.7. The average Bonchev–Trinajstić information content (AvgIpc) is 3.25. The molecule has 0 atom stereocenters. The van der Waals surface area contributed by atoms with E-state index in [2.05, 4.69) is 9.97 Å². The van der Waals surface area contributed by atoms with E-state index in [1.165, 1.54) is 24.2 Å². The molecule has 112 valence electrons. The maximum Gasteiger partial charge on any atom is 0.411 e. The van der Waals surface area contributed by atoms with Gasteiger partial charge in [0.1, 0.15) is 11.1 Å². The molecule has 5 nitrogen and oxygen atoms in total. The fourth-order valence-corrected chi connectivity index (χ4v) is 3.42. The molecule has 1 N–H and O–H groups in total. The molecule has 0 amide bonds. The zero-order valence-electron chi connectivity index (χ0n) is 12.3. The second kappa shape index (κ2) is 4.91. The highest BCUT2D eigenvalue weighted by atomic mass is 32.1. The Kier molecular flexibility index (Phi) is 3.00. The molecule has 0 bridgehead atoms. The van der Waals surface area contributed by atoms with Crippen LogP contribution in [0, 0.1) is 6.92 Å². The van der Waals surface area contributed by atoms with Gasteiger partial charge in [-0.25, -0.2) is 9.78 Å². The fourth-order valence-electron chi connectivity index (χ4n) is 2.59. The summed E-state index contributed by atoms with van der Waals surface area (Å²) in [6, 6.07) is 3.49. The van der Waals surface area contributed by atoms with E-state index >= 15 is 0 Å². The second-order valence-corrected chi connectivity index (χ2v) is 6.37. The van der Waals surface area contributed by atoms with Crippen molar-refractivity contribution < 1.29 is 14.1 Å². The minimum absolute atomic E-state index is 0.363. The lowest BCUT2D eigenvalue weighted by Crippen LogP contribution is -2.17. The van der Waals surface area contributed by atoms with Gasteiger partial charge in [0.15, 0.2) is 0 Å². The van der Waals surface area contributed by atoms with Crippen molar-refractivity contribution in [3.8, 4) is 16.6 Å². The molecule has 2 aromatic heterocycles. The highest BCUT2D eigenvalue weighted by Crippen LogP contribution is 2.41. The Morgan fingerprint density at radius 2 is 2.23 bits per heavy atom. The number of rotatable bonds is 3. The number of hydrogen-bond acceptors (Lipinski definition) is 5. The van der Waals surface area contributed by atoms with Crippen LogP contribution in [-0.4, -0.2) is 12.1 Å². The van der Waals surface area contributed by atoms with Gasteiger partial charge in [-0.2, -0.15) is 4.98 Å². The summed E-state index contributed by atoms with van der Waals surface area (Å²) >= 11 is 1.50. The number of aromatic amines is 1. The van der Waals surface area contributed by atoms with Crippen LogP contribution >= 0.6 is 11.3 Å². The van der Waals surface area contributed by atoms with Gasteiger partial charge < -0.3 is 9.15 Å². The van der Waals surface area contributed by atoms with Crippen molar-refractivity contribution in [3.63, 3.8) is 0 Å². The second-order valence-electron chi connectivity index (χ2n) is 5.51. The largest absolute Gasteiger partial charge is 0.496 e. The highest BCUT2D eigenvalue weighted by Gasteiger charge is 2.28. The average molecular weight is 315 g/mol. The maximum atomic E-state index is 12.2. The van der Waals surface area contributed by atoms with Gasteiger partial charge >= 0.3 is 11.5 Å². The lowest BCUT2D eigenvalue weighted by molar-refractivity contribution is -0.349. The van der Waals surface area contributed by atoms with E-state index in [0.29, 0.717) is 22.2 Å². The summed E-state index contributed by atoms with van der Waals surface area (Å²) in [5.74, 6) is 1.72. The van der Waals surface area contributed by atoms with Crippen molar-refractivity contribution >= 4 is 22.2 Å². The molecule has 4 rings (SSSR count). The summed E-state index contributed by atoms with van der Waals surface area (Å²) in [5, 5.41) is 3.27. The van der Waals surface area contributed by atoms with Crippen LogP contribution in [0.5, 0.6) is 5.75 Å². The SMILES string of the molecule is COc1ccc2c(=O)oc(-c3nc(C4CC4)cs3)[nH+]c2c1C. The van der Waals surface area contributed by atoms with Crippen molar-refractivity contribution in [2.75, 3.05) is 7.11 Å². The third kappa shape index (κ3) is 2.11. The van der Waals surface area contributed by atoms with Gasteiger partial charge in [0.25, 0.3) is 0 Å². The van der Waals surface area contributed by atoms with Crippen LogP contribution in [-0.2, 0) is 0 Å². The third-order valence-corrected chi connectivity index (χ3v) is 4.86. The lowest BCUT2D eigenvalue weighted by atomic mass is 10.1. The van der Waals surface area contributed by atoms with Crippen molar-refractivity contribution in [2.24, 2.45) is 0 Å². The number of methoxy groups -OCH3 is 1. The summed E-state index contributed by atoms with van der Waals surface area (Å²) in [5.41, 5.74) is 2.35. The summed E-state index contributed by atoms with van der Waals surface area (Å²) in [6.45, 7) is 1.92. The molecule has 1 aliphatic carbocycles. The Morgan fingerprint density at radius 1 is 1.41 bits per heavy atom. The smallest absolute Gasteiger partial charge is 0.411 e. The molecule has 0 unspecified atom stereocenters. The molecule has 1 fully saturated rings. The molecular weight excluding hydrogens is 300 g/mol. The molecule has 3 aromatic rings. The standard InChI is InChI=1S/C16H14N2O3S/c1-8-12(20-2)6-5-10-13(8)18-14(21-16(10)19)15-17-11(7-22-15)9-3-4-9/h5-7,9H,3-4H2,1-2H3/p+1. The van der Waals surface area contributed by atoms with Crippen LogP contribution in [0.25, 0.3) is 21.8 Å². The number of ether oxygens (including phenoxy) is 1. The Morgan fingerprint density at radius 3 is 2.95 bits per heavy atom. The molecule has 22 heavy (non-hydrogen) atoms. The number of H-pyrrole nitrogens is 1. The van der Waals surface area contributed by atoms with Crippen LogP contribution in [0.15, 0.2) is 26.7 Å². The Bertz CT molecular complexity index is 925. The van der Waals surface area contributed by atoms with E-state index in [1.54, 1.807) is 19.2 Å². The molecule has 6 heteroatoms. The first kappa shape index (κ1) is 13.5. The molecule has 1 saturated carbocycles. The topological polar surface area (TPSA) is 66.5 Å². The molecule has 2 heterocycles. The summed E-state index contributed by atoms with van der Waals surface area (Å²) in [4.78, 5) is 20.0. The van der Waals surface area contributed by atoms with E-state index in [1.807, 2.05) is 12.3 Å². The van der Waals surface area contributed by atoms with Gasteiger partial charge in [-0.3, -0.25) is 0 Å². The highest BCUT2D eigenvalue weighted by molar-refractivity contribution is 7.13. The Hall–Kier alpha value is -2.21. The van der Waals surface area contributed by atoms with Crippen molar-refractivity contribution in [3.05, 3.63) is 39.2 Å². The third-order valence-electron chi connectivity index (χ3n) is 4.00. The molecule has 0 radical (unpaired) electrons. The van der Waals surface area contributed by atoms with Crippen LogP contribution < -0.4 is 15.3 Å². The number of thiazole rings is 1. The van der Waals surface area contributed by atoms with Crippen LogP contribution in [0.3, 0.4) is 0 Å². The first-order valence-corrected chi connectivity index (χ1v) is 8.05. The van der Waals surface area contributed by atoms with E-state index < -0.39 is 0 Å². The zero-order chi connectivity index (χ0) is 15.3. The maximum absolute atomic E-state index is 12.2. The normalized spacial score (nSPS) is 14.5. The number of benzene rings is 1. The minimum Gasteiger partial charge on any atom is -0.496 e. The van der Waals surface area contributed by atoms with E-state index in [-0.39, 0.29) is 5.63 Å². The minimum atomic E-state index is -0.363. The quantitative estimate of drug-likeness (QED) is 0.745. The van der Waals surface area contributed by atoms with Gasteiger partial charge in [-0.15, -0.1) is 11.3 Å². The van der Waals surface area contributed by atoms with Crippen LogP contribution in [0.1, 0.15) is 30.0 Å². The number of hydrogen-bond donors (Lipinski definition) is 0. The molecule has 0 spiro atoms. The first-order valence-electron chi connectivity index (χ1n) is 7.17. The van der Waals surface area contributed by atoms with Crippen molar-refractivity contribution in [1.29, 1.82) is 0 Å². The predicted octanol–water partition coefficient (Wildman–Crippen LogP) is 2.93. The summed E-state index contributed by atoms with van der Waals surface area (Å²) in [7, 11) is 1.61. The number of aromatic nitrogens is 2. The summed E-state index contributed by atoms with van der Waals surface area (Å²) < 4.78 is 10.7. The van der Waals surface area contributed by atoms with Crippen molar-refractivity contribution in [2.45, 2.75) is 25.7 Å². The van der Waals surface area contributed by atoms with E-state index in [0.717, 1.165) is 22.5 Å². The van der Waals surface area contributed by atoms with Crippen molar-refractivity contribution in [1.82, 2.24) is 4.98 Å². The molecular formula is C16H15N2O3S+. The zero-order valence-corrected chi connectivity index (χ0v) is 13.1.